The van der Waals surface area contributed by atoms with E-state index in [2.05, 4.69) is 15.9 Å². The molecular formula is C6H2BrCl2F. The summed E-state index contributed by atoms with van der Waals surface area (Å²) >= 11 is 14.1. The first-order chi connectivity index (χ1) is 4.63. The van der Waals surface area contributed by atoms with Crippen molar-refractivity contribution in [2.45, 2.75) is 0 Å². The highest BCUT2D eigenvalue weighted by molar-refractivity contribution is 9.10. The molecule has 0 fully saturated rings. The Morgan fingerprint density at radius 3 is 2.40 bits per heavy atom. The molecular weight excluding hydrogens is 242 g/mol. The van der Waals surface area contributed by atoms with Crippen molar-refractivity contribution in [3.05, 3.63) is 32.5 Å². The molecule has 0 heterocycles. The van der Waals surface area contributed by atoms with E-state index in [9.17, 15) is 4.39 Å². The smallest absolute Gasteiger partial charge is 0.143 e. The van der Waals surface area contributed by atoms with Crippen LogP contribution in [0.3, 0.4) is 0 Å². The summed E-state index contributed by atoms with van der Waals surface area (Å²) in [5, 5.41) is 0.430. The van der Waals surface area contributed by atoms with Crippen LogP contribution in [0.5, 0.6) is 0 Å². The lowest BCUT2D eigenvalue weighted by Gasteiger charge is -1.97. The van der Waals surface area contributed by atoms with Crippen molar-refractivity contribution in [2.24, 2.45) is 0 Å². The lowest BCUT2D eigenvalue weighted by Crippen LogP contribution is -1.77. The molecule has 1 rings (SSSR count). The van der Waals surface area contributed by atoms with E-state index in [-0.39, 0.29) is 5.02 Å². The molecule has 0 amide bonds. The van der Waals surface area contributed by atoms with Crippen LogP contribution in [0.2, 0.25) is 10.0 Å². The van der Waals surface area contributed by atoms with Gasteiger partial charge in [0.1, 0.15) is 5.82 Å². The summed E-state index contributed by atoms with van der Waals surface area (Å²) in [6, 6.07) is 2.66. The van der Waals surface area contributed by atoms with E-state index in [1.807, 2.05) is 0 Å². The molecule has 0 bridgehead atoms. The van der Waals surface area contributed by atoms with E-state index >= 15 is 0 Å². The molecule has 4 heteroatoms. The van der Waals surface area contributed by atoms with E-state index in [1.54, 1.807) is 0 Å². The molecule has 0 nitrogen and oxygen atoms in total. The minimum Gasteiger partial charge on any atom is -0.205 e. The van der Waals surface area contributed by atoms with Gasteiger partial charge in [-0.15, -0.1) is 0 Å². The first kappa shape index (κ1) is 8.31. The normalized spacial score (nSPS) is 10.0. The van der Waals surface area contributed by atoms with Gasteiger partial charge in [0.25, 0.3) is 0 Å². The van der Waals surface area contributed by atoms with Crippen molar-refractivity contribution in [1.82, 2.24) is 0 Å². The molecule has 10 heavy (non-hydrogen) atoms. The predicted molar refractivity (Wildman–Crippen MR) is 44.1 cm³/mol. The van der Waals surface area contributed by atoms with Gasteiger partial charge in [-0.25, -0.2) is 4.39 Å². The fourth-order valence-electron chi connectivity index (χ4n) is 0.502. The molecule has 0 atom stereocenters. The third-order valence-electron chi connectivity index (χ3n) is 0.988. The molecule has 0 aliphatic rings. The van der Waals surface area contributed by atoms with Gasteiger partial charge in [-0.05, 0) is 28.1 Å². The summed E-state index contributed by atoms with van der Waals surface area (Å²) in [7, 11) is 0. The molecule has 0 aromatic heterocycles. The van der Waals surface area contributed by atoms with Crippen molar-refractivity contribution in [3.63, 3.8) is 0 Å². The van der Waals surface area contributed by atoms with E-state index in [0.29, 0.717) is 9.50 Å². The molecule has 0 N–H and O–H groups in total. The monoisotopic (exact) mass is 242 g/mol. The van der Waals surface area contributed by atoms with Crippen molar-refractivity contribution in [3.8, 4) is 0 Å². The quantitative estimate of drug-likeness (QED) is 0.479. The Hall–Kier alpha value is 0.210. The molecule has 0 saturated heterocycles. The second-order valence-electron chi connectivity index (χ2n) is 1.66. The van der Waals surface area contributed by atoms with E-state index < -0.39 is 5.82 Å². The van der Waals surface area contributed by atoms with Crippen molar-refractivity contribution in [2.75, 3.05) is 0 Å². The maximum Gasteiger partial charge on any atom is 0.143 e. The van der Waals surface area contributed by atoms with Crippen LogP contribution in [0.4, 0.5) is 4.39 Å². The van der Waals surface area contributed by atoms with Gasteiger partial charge < -0.3 is 0 Å². The molecule has 0 aliphatic heterocycles. The minimum atomic E-state index is -0.474. The van der Waals surface area contributed by atoms with Crippen LogP contribution in [0.1, 0.15) is 0 Å². The van der Waals surface area contributed by atoms with E-state index in [4.69, 9.17) is 23.2 Å². The minimum absolute atomic E-state index is 0.0208. The molecule has 54 valence electrons. The summed E-state index contributed by atoms with van der Waals surface area (Å²) in [6.07, 6.45) is 0. The maximum absolute atomic E-state index is 12.5. The summed E-state index contributed by atoms with van der Waals surface area (Å²) in [5.74, 6) is -0.474. The number of hydrogen-bond acceptors (Lipinski definition) is 0. The molecule has 1 aromatic carbocycles. The largest absolute Gasteiger partial charge is 0.205 e. The number of rotatable bonds is 0. The van der Waals surface area contributed by atoms with Crippen LogP contribution >= 0.6 is 39.1 Å². The zero-order valence-corrected chi connectivity index (χ0v) is 7.76. The number of hydrogen-bond donors (Lipinski definition) is 0. The highest BCUT2D eigenvalue weighted by Gasteiger charge is 2.06. The SMILES string of the molecule is Fc1ccc(Cl)c(Br)c1Cl. The average molecular weight is 244 g/mol. The molecule has 0 aliphatic carbocycles. The summed E-state index contributed by atoms with van der Waals surface area (Å²) in [6.45, 7) is 0. The van der Waals surface area contributed by atoms with Gasteiger partial charge in [-0.1, -0.05) is 23.2 Å². The van der Waals surface area contributed by atoms with Crippen molar-refractivity contribution < 1.29 is 4.39 Å². The van der Waals surface area contributed by atoms with Gasteiger partial charge in [0.05, 0.1) is 14.5 Å². The maximum atomic E-state index is 12.5. The Balaban J connectivity index is 3.34. The number of halogens is 4. The third-order valence-corrected chi connectivity index (χ3v) is 2.95. The van der Waals surface area contributed by atoms with Gasteiger partial charge in [0.15, 0.2) is 0 Å². The highest BCUT2D eigenvalue weighted by Crippen LogP contribution is 2.31. The van der Waals surface area contributed by atoms with Crippen LogP contribution < -0.4 is 0 Å². The fourth-order valence-corrected chi connectivity index (χ4v) is 1.19. The van der Waals surface area contributed by atoms with E-state index in [1.165, 1.54) is 12.1 Å². The van der Waals surface area contributed by atoms with Crippen molar-refractivity contribution >= 4 is 39.1 Å². The van der Waals surface area contributed by atoms with Crippen LogP contribution in [-0.4, -0.2) is 0 Å². The summed E-state index contributed by atoms with van der Waals surface area (Å²) in [4.78, 5) is 0. The Morgan fingerprint density at radius 1 is 1.30 bits per heavy atom. The Bertz CT molecular complexity index is 235. The van der Waals surface area contributed by atoms with Gasteiger partial charge in [-0.3, -0.25) is 0 Å². The summed E-state index contributed by atoms with van der Waals surface area (Å²) < 4.78 is 12.9. The molecule has 0 unspecified atom stereocenters. The summed E-state index contributed by atoms with van der Waals surface area (Å²) in [5.41, 5.74) is 0. The third kappa shape index (κ3) is 1.44. The van der Waals surface area contributed by atoms with Crippen LogP contribution in [0.25, 0.3) is 0 Å². The fraction of sp³-hybridized carbons (Fsp3) is 0. The van der Waals surface area contributed by atoms with Crippen molar-refractivity contribution in [1.29, 1.82) is 0 Å². The molecule has 0 spiro atoms. The molecule has 0 saturated carbocycles. The average Bonchev–Trinajstić information content (AvgIpc) is 1.93. The Kier molecular flexibility index (Phi) is 2.55. The number of benzene rings is 1. The first-order valence-electron chi connectivity index (χ1n) is 2.42. The van der Waals surface area contributed by atoms with Gasteiger partial charge in [-0.2, -0.15) is 0 Å². The van der Waals surface area contributed by atoms with Crippen LogP contribution in [0.15, 0.2) is 16.6 Å². The zero-order chi connectivity index (χ0) is 7.72. The highest BCUT2D eigenvalue weighted by atomic mass is 79.9. The Morgan fingerprint density at radius 2 is 1.90 bits per heavy atom. The zero-order valence-electron chi connectivity index (χ0n) is 4.67. The van der Waals surface area contributed by atoms with Gasteiger partial charge in [0, 0.05) is 0 Å². The topological polar surface area (TPSA) is 0 Å². The van der Waals surface area contributed by atoms with Gasteiger partial charge in [0.2, 0.25) is 0 Å². The second kappa shape index (κ2) is 3.07. The van der Waals surface area contributed by atoms with Crippen LogP contribution in [-0.2, 0) is 0 Å². The lowest BCUT2D eigenvalue weighted by atomic mass is 10.3. The molecule has 1 aromatic rings. The first-order valence-corrected chi connectivity index (χ1v) is 3.97. The molecule has 0 radical (unpaired) electrons. The standard InChI is InChI=1S/C6H2BrCl2F/c7-5-3(8)1-2-4(10)6(5)9/h1-2H. The Labute approximate surface area is 76.1 Å². The lowest BCUT2D eigenvalue weighted by molar-refractivity contribution is 0.627. The van der Waals surface area contributed by atoms with E-state index in [0.717, 1.165) is 0 Å². The van der Waals surface area contributed by atoms with Crippen LogP contribution in [0, 0.1) is 5.82 Å². The second-order valence-corrected chi connectivity index (χ2v) is 3.24. The van der Waals surface area contributed by atoms with Gasteiger partial charge >= 0.3 is 0 Å². The predicted octanol–water partition coefficient (Wildman–Crippen LogP) is 3.90.